The smallest absolute Gasteiger partial charge is 0.211 e. The summed E-state index contributed by atoms with van der Waals surface area (Å²) in [6.45, 7) is 8.25. The molecule has 0 atom stereocenters. The Bertz CT molecular complexity index is 2860. The maximum atomic E-state index is 8.25. The summed E-state index contributed by atoms with van der Waals surface area (Å²) in [5.74, 6) is 0. The first-order chi connectivity index (χ1) is 23.3. The summed E-state index contributed by atoms with van der Waals surface area (Å²) < 4.78 is 10.8. The molecule has 0 saturated heterocycles. The highest BCUT2D eigenvalue weighted by Gasteiger charge is 2.19. The molecule has 3 heterocycles. The van der Waals surface area contributed by atoms with Crippen molar-refractivity contribution in [2.24, 2.45) is 0 Å². The van der Waals surface area contributed by atoms with E-state index in [0.717, 1.165) is 66.2 Å². The van der Waals surface area contributed by atoms with Gasteiger partial charge in [-0.25, -0.2) is 4.85 Å². The molecule has 0 unspecified atom stereocenters. The van der Waals surface area contributed by atoms with Crippen LogP contribution >= 0.6 is 0 Å². The minimum atomic E-state index is 0.605. The van der Waals surface area contributed by atoms with Crippen LogP contribution in [-0.2, 0) is 0 Å². The van der Waals surface area contributed by atoms with E-state index < -0.39 is 0 Å². The monoisotopic (exact) mass is 599 g/mol. The lowest BCUT2D eigenvalue weighted by molar-refractivity contribution is 0.669. The zero-order chi connectivity index (χ0) is 31.1. The molecule has 4 nitrogen and oxygen atoms in total. The molecule has 0 aliphatic rings. The van der Waals surface area contributed by atoms with Gasteiger partial charge in [0.1, 0.15) is 11.2 Å². The minimum Gasteiger partial charge on any atom is -0.456 e. The lowest BCUT2D eigenvalue weighted by Crippen LogP contribution is -1.95. The van der Waals surface area contributed by atoms with E-state index in [2.05, 4.69) is 141 Å². The number of aromatic nitrogens is 2. The second-order valence-electron chi connectivity index (χ2n) is 12.0. The molecule has 218 valence electrons. The number of nitrogens with zero attached hydrogens (tertiary/aromatic N) is 3. The molecule has 3 aromatic heterocycles. The predicted octanol–water partition coefficient (Wildman–Crippen LogP) is 12.0. The number of benzene rings is 7. The number of hydrogen-bond acceptors (Lipinski definition) is 1. The zero-order valence-corrected chi connectivity index (χ0v) is 25.2. The van der Waals surface area contributed by atoms with Gasteiger partial charge in [-0.05, 0) is 71.8 Å². The first-order valence-corrected chi connectivity index (χ1v) is 15.7. The first kappa shape index (κ1) is 25.7. The molecule has 0 aliphatic heterocycles. The maximum Gasteiger partial charge on any atom is 0.211 e. The molecule has 0 fully saturated rings. The van der Waals surface area contributed by atoms with Crippen molar-refractivity contribution < 1.29 is 4.42 Å². The Labute approximate surface area is 269 Å². The second-order valence-corrected chi connectivity index (χ2v) is 12.0. The van der Waals surface area contributed by atoms with Gasteiger partial charge in [-0.1, -0.05) is 91.0 Å². The molecule has 0 spiro atoms. The molecular weight excluding hydrogens is 574 g/mol. The van der Waals surface area contributed by atoms with Crippen molar-refractivity contribution in [3.05, 3.63) is 163 Å². The average molecular weight is 600 g/mol. The van der Waals surface area contributed by atoms with Crippen molar-refractivity contribution in [2.45, 2.75) is 0 Å². The molecule has 4 heteroatoms. The van der Waals surface area contributed by atoms with E-state index >= 15 is 0 Å². The fourth-order valence-corrected chi connectivity index (χ4v) is 7.43. The average Bonchev–Trinajstić information content (AvgIpc) is 3.78. The van der Waals surface area contributed by atoms with Crippen LogP contribution in [0.2, 0.25) is 0 Å². The van der Waals surface area contributed by atoms with E-state index in [1.807, 2.05) is 24.3 Å². The van der Waals surface area contributed by atoms with Crippen molar-refractivity contribution in [3.63, 3.8) is 0 Å². The highest BCUT2D eigenvalue weighted by molar-refractivity contribution is 6.17. The highest BCUT2D eigenvalue weighted by atomic mass is 16.3. The predicted molar refractivity (Wildman–Crippen MR) is 194 cm³/mol. The van der Waals surface area contributed by atoms with Gasteiger partial charge < -0.3 is 13.6 Å². The number of hydrogen-bond donors (Lipinski definition) is 0. The van der Waals surface area contributed by atoms with E-state index in [1.54, 1.807) is 0 Å². The van der Waals surface area contributed by atoms with Gasteiger partial charge in [-0.3, -0.25) is 0 Å². The molecule has 0 bridgehead atoms. The SMILES string of the molecule is [C-]#[N+]c1cc(-c2ccc(-n3c4ccccc4c4ccccc43)cc2)ccc1-n1c2ccccc2c2cc3oc4ccccc4c3cc21. The van der Waals surface area contributed by atoms with Crippen LogP contribution in [0.4, 0.5) is 5.69 Å². The lowest BCUT2D eigenvalue weighted by Gasteiger charge is -2.13. The van der Waals surface area contributed by atoms with Crippen LogP contribution < -0.4 is 0 Å². The summed E-state index contributed by atoms with van der Waals surface area (Å²) in [5, 5.41) is 6.89. The van der Waals surface area contributed by atoms with Gasteiger partial charge >= 0.3 is 0 Å². The van der Waals surface area contributed by atoms with Crippen LogP contribution in [-0.4, -0.2) is 9.13 Å². The molecule has 47 heavy (non-hydrogen) atoms. The van der Waals surface area contributed by atoms with Gasteiger partial charge in [-0.2, -0.15) is 0 Å². The summed E-state index contributed by atoms with van der Waals surface area (Å²) in [7, 11) is 0. The van der Waals surface area contributed by atoms with Gasteiger partial charge in [0.25, 0.3) is 0 Å². The highest BCUT2D eigenvalue weighted by Crippen LogP contribution is 2.41. The van der Waals surface area contributed by atoms with Crippen molar-refractivity contribution in [1.82, 2.24) is 9.13 Å². The summed E-state index contributed by atoms with van der Waals surface area (Å²) in [6.07, 6.45) is 0. The first-order valence-electron chi connectivity index (χ1n) is 15.7. The summed E-state index contributed by atoms with van der Waals surface area (Å²) in [5.41, 5.74) is 10.9. The summed E-state index contributed by atoms with van der Waals surface area (Å²) >= 11 is 0. The van der Waals surface area contributed by atoms with Gasteiger partial charge in [0.2, 0.25) is 5.69 Å². The fraction of sp³-hybridized carbons (Fsp3) is 0. The molecular formula is C43H25N3O. The van der Waals surface area contributed by atoms with E-state index in [0.29, 0.717) is 5.69 Å². The fourth-order valence-electron chi connectivity index (χ4n) is 7.43. The van der Waals surface area contributed by atoms with E-state index in [-0.39, 0.29) is 0 Å². The number of rotatable bonds is 3. The number of furan rings is 1. The van der Waals surface area contributed by atoms with Crippen molar-refractivity contribution >= 4 is 71.2 Å². The van der Waals surface area contributed by atoms with Crippen molar-refractivity contribution in [2.75, 3.05) is 0 Å². The Morgan fingerprint density at radius 1 is 0.426 bits per heavy atom. The molecule has 10 rings (SSSR count). The summed E-state index contributed by atoms with van der Waals surface area (Å²) in [6, 6.07) is 52.9. The Kier molecular flexibility index (Phi) is 5.32. The third-order valence-corrected chi connectivity index (χ3v) is 9.55. The number of fused-ring (bicyclic) bond motifs is 9. The van der Waals surface area contributed by atoms with Crippen molar-refractivity contribution in [3.8, 4) is 22.5 Å². The molecule has 0 saturated carbocycles. The third-order valence-electron chi connectivity index (χ3n) is 9.55. The Morgan fingerprint density at radius 3 is 1.68 bits per heavy atom. The van der Waals surface area contributed by atoms with Gasteiger partial charge in [0.05, 0.1) is 34.3 Å². The molecule has 10 aromatic rings. The minimum absolute atomic E-state index is 0.605. The normalized spacial score (nSPS) is 11.8. The van der Waals surface area contributed by atoms with E-state index in [1.165, 1.54) is 21.8 Å². The van der Waals surface area contributed by atoms with Gasteiger partial charge in [0, 0.05) is 38.0 Å². The molecule has 0 radical (unpaired) electrons. The second kappa shape index (κ2) is 9.71. The van der Waals surface area contributed by atoms with Crippen LogP contribution in [0.3, 0.4) is 0 Å². The topological polar surface area (TPSA) is 27.4 Å². The van der Waals surface area contributed by atoms with E-state index in [4.69, 9.17) is 11.0 Å². The van der Waals surface area contributed by atoms with E-state index in [9.17, 15) is 0 Å². The zero-order valence-electron chi connectivity index (χ0n) is 25.2. The number of para-hydroxylation sites is 4. The third kappa shape index (κ3) is 3.69. The Hall–Kier alpha value is -6.57. The van der Waals surface area contributed by atoms with Crippen LogP contribution in [0.25, 0.3) is 92.9 Å². The van der Waals surface area contributed by atoms with Crippen molar-refractivity contribution in [1.29, 1.82) is 0 Å². The van der Waals surface area contributed by atoms with Crippen LogP contribution in [0.1, 0.15) is 0 Å². The van der Waals surface area contributed by atoms with Crippen LogP contribution in [0.5, 0.6) is 0 Å². The quantitative estimate of drug-likeness (QED) is 0.186. The Morgan fingerprint density at radius 2 is 1.00 bits per heavy atom. The molecule has 0 N–H and O–H groups in total. The lowest BCUT2D eigenvalue weighted by atomic mass is 10.0. The standard InChI is InChI=1S/C43H25N3O/c1-44-36-24-28(27-18-21-29(22-19-27)45-37-14-6-2-10-30(37)31-11-3-7-15-38(31)45)20-23-40(36)46-39-16-8-4-12-32(39)34-26-43-35(25-41(34)46)33-13-5-9-17-42(33)47-43/h2-26H. The largest absolute Gasteiger partial charge is 0.456 e. The van der Waals surface area contributed by atoms with Crippen LogP contribution in [0.15, 0.2) is 156 Å². The Balaban J connectivity index is 1.12. The molecule has 0 aliphatic carbocycles. The van der Waals surface area contributed by atoms with Crippen LogP contribution in [0, 0.1) is 6.57 Å². The molecule has 0 amide bonds. The van der Waals surface area contributed by atoms with Gasteiger partial charge in [-0.15, -0.1) is 0 Å². The van der Waals surface area contributed by atoms with Gasteiger partial charge in [0.15, 0.2) is 0 Å². The molecule has 7 aromatic carbocycles. The maximum absolute atomic E-state index is 8.25. The summed E-state index contributed by atoms with van der Waals surface area (Å²) in [4.78, 5) is 4.06.